The number of alkyl halides is 5. The van der Waals surface area contributed by atoms with Crippen LogP contribution in [-0.2, 0) is 19.2 Å². The van der Waals surface area contributed by atoms with Crippen molar-refractivity contribution in [3.63, 3.8) is 0 Å². The van der Waals surface area contributed by atoms with Gasteiger partial charge in [0, 0.05) is 28.5 Å². The maximum absolute atomic E-state index is 14.6. The Morgan fingerprint density at radius 2 is 1.55 bits per heavy atom. The third kappa shape index (κ3) is 9.71. The molecule has 216 valence electrons. The molecule has 0 aromatic heterocycles. The number of carbonyl (C=O) groups is 4. The Morgan fingerprint density at radius 1 is 0.925 bits per heavy atom. The average molecular weight is 607 g/mol. The van der Waals surface area contributed by atoms with Gasteiger partial charge < -0.3 is 10.6 Å². The van der Waals surface area contributed by atoms with E-state index >= 15 is 0 Å². The number of hydrogen-bond acceptors (Lipinski definition) is 4. The minimum absolute atomic E-state index is 0.226. The number of amides is 2. The highest BCUT2D eigenvalue weighted by Crippen LogP contribution is 2.30. The lowest BCUT2D eigenvalue weighted by atomic mass is 9.82. The third-order valence-corrected chi connectivity index (χ3v) is 6.18. The molecule has 6 nitrogen and oxygen atoms in total. The third-order valence-electron chi connectivity index (χ3n) is 5.69. The van der Waals surface area contributed by atoms with Crippen molar-refractivity contribution in [2.45, 2.75) is 38.4 Å². The van der Waals surface area contributed by atoms with Crippen LogP contribution in [0.15, 0.2) is 54.6 Å². The molecule has 40 heavy (non-hydrogen) atoms. The van der Waals surface area contributed by atoms with Crippen LogP contribution in [0.25, 0.3) is 6.08 Å². The second kappa shape index (κ2) is 13.8. The average Bonchev–Trinajstić information content (AvgIpc) is 2.87. The van der Waals surface area contributed by atoms with E-state index in [1.807, 2.05) is 0 Å². The minimum atomic E-state index is -4.98. The maximum Gasteiger partial charge on any atom is 0.405 e. The largest absolute Gasteiger partial charge is 0.405 e. The quantitative estimate of drug-likeness (QED) is 0.177. The molecule has 2 atom stereocenters. The highest BCUT2D eigenvalue weighted by Gasteiger charge is 2.51. The van der Waals surface area contributed by atoms with Crippen LogP contribution >= 0.6 is 23.2 Å². The van der Waals surface area contributed by atoms with Crippen molar-refractivity contribution in [3.05, 3.63) is 75.8 Å². The van der Waals surface area contributed by atoms with Crippen LogP contribution < -0.4 is 10.6 Å². The highest BCUT2D eigenvalue weighted by atomic mass is 35.5. The Kier molecular flexibility index (Phi) is 11.4. The predicted molar refractivity (Wildman–Crippen MR) is 140 cm³/mol. The van der Waals surface area contributed by atoms with Gasteiger partial charge in [-0.3, -0.25) is 19.2 Å². The van der Waals surface area contributed by atoms with Gasteiger partial charge in [-0.15, -0.1) is 0 Å². The molecule has 0 saturated heterocycles. The predicted octanol–water partition coefficient (Wildman–Crippen LogP) is 5.98. The van der Waals surface area contributed by atoms with Crippen molar-refractivity contribution in [2.75, 3.05) is 6.54 Å². The molecule has 0 fully saturated rings. The lowest BCUT2D eigenvalue weighted by Crippen LogP contribution is -2.51. The molecule has 0 aliphatic heterocycles. The van der Waals surface area contributed by atoms with E-state index in [0.29, 0.717) is 15.6 Å². The van der Waals surface area contributed by atoms with Crippen LogP contribution in [0.2, 0.25) is 10.0 Å². The van der Waals surface area contributed by atoms with Gasteiger partial charge in [-0.25, -0.2) is 0 Å². The van der Waals surface area contributed by atoms with E-state index in [0.717, 1.165) is 11.4 Å². The van der Waals surface area contributed by atoms with Crippen LogP contribution in [0.1, 0.15) is 37.4 Å². The van der Waals surface area contributed by atoms with Gasteiger partial charge in [0.2, 0.25) is 11.7 Å². The molecule has 2 amide bonds. The minimum Gasteiger partial charge on any atom is -0.341 e. The Hall–Kier alpha value is -3.31. The summed E-state index contributed by atoms with van der Waals surface area (Å²) in [4.78, 5) is 50.4. The summed E-state index contributed by atoms with van der Waals surface area (Å²) in [5, 5.41) is 4.19. The van der Waals surface area contributed by atoms with Crippen molar-refractivity contribution in [1.29, 1.82) is 0 Å². The number of benzene rings is 2. The summed E-state index contributed by atoms with van der Waals surface area (Å²) < 4.78 is 66.3. The molecular weight excluding hydrogens is 582 g/mol. The molecule has 13 heteroatoms. The first-order valence-corrected chi connectivity index (χ1v) is 12.6. The van der Waals surface area contributed by atoms with Gasteiger partial charge in [-0.05, 0) is 47.4 Å². The standard InChI is InChI=1S/C27H25Cl2F5N2O4/c1-15(2)20(24(39)27(33,34)25(40)35-14-26(30,31)32)13-21(37)23(17-7-9-18(28)10-8-17)36-22(38)11-6-16-4-3-5-19(29)12-16/h3-12,15,20,23H,13-14H2,1-2H3,(H,35,40)(H,36,38)/b11-6+/t20-,23-/m0/s1. The lowest BCUT2D eigenvalue weighted by molar-refractivity contribution is -0.167. The summed E-state index contributed by atoms with van der Waals surface area (Å²) in [6.45, 7) is 0.611. The van der Waals surface area contributed by atoms with Crippen LogP contribution in [0.4, 0.5) is 22.0 Å². The molecule has 0 aliphatic carbocycles. The van der Waals surface area contributed by atoms with E-state index in [9.17, 15) is 41.1 Å². The zero-order valence-electron chi connectivity index (χ0n) is 21.2. The molecular formula is C27H25Cl2F5N2O4. The summed E-state index contributed by atoms with van der Waals surface area (Å²) in [6, 6.07) is 10.8. The van der Waals surface area contributed by atoms with Crippen molar-refractivity contribution < 1.29 is 41.1 Å². The molecule has 2 rings (SSSR count). The fourth-order valence-electron chi connectivity index (χ4n) is 3.58. The van der Waals surface area contributed by atoms with E-state index in [4.69, 9.17) is 23.2 Å². The second-order valence-electron chi connectivity index (χ2n) is 9.14. The van der Waals surface area contributed by atoms with Gasteiger partial charge in [0.15, 0.2) is 5.78 Å². The van der Waals surface area contributed by atoms with Gasteiger partial charge in [0.05, 0.1) is 0 Å². The van der Waals surface area contributed by atoms with Crippen molar-refractivity contribution >= 4 is 52.7 Å². The van der Waals surface area contributed by atoms with Gasteiger partial charge in [-0.2, -0.15) is 22.0 Å². The van der Waals surface area contributed by atoms with Crippen LogP contribution in [-0.4, -0.2) is 42.0 Å². The molecule has 0 spiro atoms. The van der Waals surface area contributed by atoms with Crippen molar-refractivity contribution in [2.24, 2.45) is 11.8 Å². The molecule has 0 heterocycles. The van der Waals surface area contributed by atoms with E-state index in [2.05, 4.69) is 5.32 Å². The first kappa shape index (κ1) is 32.9. The summed E-state index contributed by atoms with van der Waals surface area (Å²) in [5.74, 6) is -13.5. The van der Waals surface area contributed by atoms with E-state index in [1.165, 1.54) is 44.2 Å². The van der Waals surface area contributed by atoms with E-state index in [1.54, 1.807) is 24.3 Å². The number of halogens is 7. The Balaban J connectivity index is 2.29. The van der Waals surface area contributed by atoms with Crippen molar-refractivity contribution in [1.82, 2.24) is 10.6 Å². The monoisotopic (exact) mass is 606 g/mol. The number of ketones is 2. The number of carbonyl (C=O) groups excluding carboxylic acids is 4. The lowest BCUT2D eigenvalue weighted by Gasteiger charge is -2.26. The summed E-state index contributed by atoms with van der Waals surface area (Å²) >= 11 is 11.8. The highest BCUT2D eigenvalue weighted by molar-refractivity contribution is 6.31. The zero-order valence-corrected chi connectivity index (χ0v) is 22.7. The SMILES string of the molecule is CC(C)[C@H](CC(=O)[C@@H](NC(=O)/C=C/c1cccc(Cl)c1)c1ccc(Cl)cc1)C(=O)C(F)(F)C(=O)NCC(F)(F)F. The van der Waals surface area contributed by atoms with E-state index in [-0.39, 0.29) is 5.56 Å². The van der Waals surface area contributed by atoms with Gasteiger partial charge in [0.25, 0.3) is 5.91 Å². The molecule has 0 saturated carbocycles. The van der Waals surface area contributed by atoms with Crippen LogP contribution in [0.3, 0.4) is 0 Å². The van der Waals surface area contributed by atoms with Crippen LogP contribution in [0, 0.1) is 11.8 Å². The fourth-order valence-corrected chi connectivity index (χ4v) is 3.90. The number of hydrogen-bond donors (Lipinski definition) is 2. The first-order valence-electron chi connectivity index (χ1n) is 11.8. The maximum atomic E-state index is 14.6. The Morgan fingerprint density at radius 3 is 2.10 bits per heavy atom. The second-order valence-corrected chi connectivity index (χ2v) is 10.0. The summed E-state index contributed by atoms with van der Waals surface area (Å²) in [6.07, 6.45) is -3.28. The van der Waals surface area contributed by atoms with Gasteiger partial charge in [0.1, 0.15) is 12.6 Å². The van der Waals surface area contributed by atoms with Crippen LogP contribution in [0.5, 0.6) is 0 Å². The smallest absolute Gasteiger partial charge is 0.341 e. The van der Waals surface area contributed by atoms with Gasteiger partial charge in [-0.1, -0.05) is 61.3 Å². The molecule has 0 radical (unpaired) electrons. The Labute approximate surface area is 236 Å². The van der Waals surface area contributed by atoms with Gasteiger partial charge >= 0.3 is 12.1 Å². The molecule has 2 N–H and O–H groups in total. The van der Waals surface area contributed by atoms with Crippen molar-refractivity contribution in [3.8, 4) is 0 Å². The summed E-state index contributed by atoms with van der Waals surface area (Å²) in [5.41, 5.74) is 0.803. The molecule has 0 unspecified atom stereocenters. The number of Topliss-reactive ketones (excluding diaryl/α,β-unsaturated/α-hetero) is 2. The summed E-state index contributed by atoms with van der Waals surface area (Å²) in [7, 11) is 0. The molecule has 2 aromatic carbocycles. The fraction of sp³-hybridized carbons (Fsp3) is 0.333. The van der Waals surface area contributed by atoms with E-state index < -0.39 is 66.3 Å². The number of rotatable bonds is 12. The topological polar surface area (TPSA) is 92.3 Å². The zero-order chi connectivity index (χ0) is 30.3. The first-order chi connectivity index (χ1) is 18.5. The molecule has 0 aliphatic rings. The normalized spacial score (nSPS) is 13.7. The number of nitrogens with one attached hydrogen (secondary N) is 2. The molecule has 2 aromatic rings. The molecule has 0 bridgehead atoms. The Bertz CT molecular complexity index is 1260.